The van der Waals surface area contributed by atoms with E-state index in [0.29, 0.717) is 12.8 Å². The summed E-state index contributed by atoms with van der Waals surface area (Å²) in [5.41, 5.74) is 16.6. The van der Waals surface area contributed by atoms with E-state index in [2.05, 4.69) is 20.9 Å². The van der Waals surface area contributed by atoms with Gasteiger partial charge >= 0.3 is 5.97 Å². The van der Waals surface area contributed by atoms with Crippen LogP contribution in [0.1, 0.15) is 67.2 Å². The molecule has 0 bridgehead atoms. The third-order valence-corrected chi connectivity index (χ3v) is 5.21. The second kappa shape index (κ2) is 15.9. The predicted molar refractivity (Wildman–Crippen MR) is 135 cm³/mol. The Morgan fingerprint density at radius 2 is 1.34 bits per heavy atom. The van der Waals surface area contributed by atoms with Gasteiger partial charge < -0.3 is 38.3 Å². The summed E-state index contributed by atoms with van der Waals surface area (Å²) in [6.45, 7) is 11.3. The lowest BCUT2D eigenvalue weighted by atomic mass is 9.99. The Morgan fingerprint density at radius 1 is 0.800 bits per heavy atom. The fourth-order valence-electron chi connectivity index (χ4n) is 3.41. The number of carbonyl (C=O) groups excluding carboxylic acids is 3. The van der Waals surface area contributed by atoms with E-state index >= 15 is 0 Å². The molecule has 0 aromatic rings. The van der Waals surface area contributed by atoms with Crippen molar-refractivity contribution < 1.29 is 24.3 Å². The zero-order valence-corrected chi connectivity index (χ0v) is 21.8. The number of carboxylic acids is 1. The molecule has 12 heteroatoms. The van der Waals surface area contributed by atoms with Crippen molar-refractivity contribution in [2.24, 2.45) is 39.9 Å². The first-order chi connectivity index (χ1) is 16.1. The average molecular weight is 500 g/mol. The lowest BCUT2D eigenvalue weighted by molar-refractivity contribution is -0.143. The summed E-state index contributed by atoms with van der Waals surface area (Å²) in [5, 5.41) is 17.3. The summed E-state index contributed by atoms with van der Waals surface area (Å²) in [7, 11) is 0. The number of nitrogens with two attached hydrogens (primary N) is 3. The molecule has 0 heterocycles. The van der Waals surface area contributed by atoms with Gasteiger partial charge in [-0.15, -0.1) is 0 Å². The van der Waals surface area contributed by atoms with Crippen molar-refractivity contribution in [1.82, 2.24) is 16.0 Å². The summed E-state index contributed by atoms with van der Waals surface area (Å²) in [5.74, 6) is -3.00. The summed E-state index contributed by atoms with van der Waals surface area (Å²) in [6, 6.07) is -3.85. The average Bonchev–Trinajstić information content (AvgIpc) is 2.71. The first-order valence-electron chi connectivity index (χ1n) is 12.1. The molecule has 0 rings (SSSR count). The lowest BCUT2D eigenvalue weighted by Gasteiger charge is -2.27. The predicted octanol–water partition coefficient (Wildman–Crippen LogP) is -0.345. The maximum Gasteiger partial charge on any atom is 0.326 e. The topological polar surface area (TPSA) is 215 Å². The largest absolute Gasteiger partial charge is 0.480 e. The third kappa shape index (κ3) is 13.5. The van der Waals surface area contributed by atoms with E-state index in [1.54, 1.807) is 13.8 Å². The number of hydrogen-bond acceptors (Lipinski definition) is 6. The molecule has 35 heavy (non-hydrogen) atoms. The van der Waals surface area contributed by atoms with Gasteiger partial charge in [0.05, 0.1) is 6.04 Å². The summed E-state index contributed by atoms with van der Waals surface area (Å²) in [4.78, 5) is 54.0. The molecule has 202 valence electrons. The molecule has 4 unspecified atom stereocenters. The Bertz CT molecular complexity index is 736. The SMILES string of the molecule is CC(C)CC(N)C(=O)NC(CCCN=C(N)N)C(=O)NC(C(=O)NC(CC(C)C)C(=O)O)C(C)C. The smallest absolute Gasteiger partial charge is 0.326 e. The summed E-state index contributed by atoms with van der Waals surface area (Å²) >= 11 is 0. The molecule has 3 amide bonds. The van der Waals surface area contributed by atoms with E-state index in [0.717, 1.165) is 0 Å². The number of rotatable bonds is 16. The van der Waals surface area contributed by atoms with Crippen LogP contribution in [-0.4, -0.2) is 65.5 Å². The Hall–Kier alpha value is -2.89. The Balaban J connectivity index is 5.53. The van der Waals surface area contributed by atoms with Gasteiger partial charge in [0, 0.05) is 6.54 Å². The number of aliphatic imine (C=N–C) groups is 1. The van der Waals surface area contributed by atoms with Crippen LogP contribution in [0.4, 0.5) is 0 Å². The Morgan fingerprint density at radius 3 is 1.80 bits per heavy atom. The number of carbonyl (C=O) groups is 4. The normalized spacial score (nSPS) is 14.7. The first kappa shape index (κ1) is 32.1. The van der Waals surface area contributed by atoms with Crippen molar-refractivity contribution in [1.29, 1.82) is 0 Å². The summed E-state index contributed by atoms with van der Waals surface area (Å²) < 4.78 is 0. The van der Waals surface area contributed by atoms with Gasteiger partial charge in [-0.3, -0.25) is 19.4 Å². The van der Waals surface area contributed by atoms with Gasteiger partial charge in [0.15, 0.2) is 5.96 Å². The molecule has 0 aromatic carbocycles. The molecular weight excluding hydrogens is 454 g/mol. The van der Waals surface area contributed by atoms with Gasteiger partial charge in [-0.05, 0) is 43.4 Å². The van der Waals surface area contributed by atoms with Gasteiger partial charge in [0.1, 0.15) is 18.1 Å². The van der Waals surface area contributed by atoms with Crippen LogP contribution >= 0.6 is 0 Å². The molecule has 0 aliphatic carbocycles. The minimum atomic E-state index is -1.15. The summed E-state index contributed by atoms with van der Waals surface area (Å²) in [6.07, 6.45) is 1.29. The Labute approximate surface area is 208 Å². The van der Waals surface area contributed by atoms with E-state index in [9.17, 15) is 24.3 Å². The molecule has 0 saturated heterocycles. The standard InChI is InChI=1S/C23H45N7O5/c1-12(2)10-15(24)19(31)28-16(8-7-9-27-23(25)26)20(32)30-18(14(5)6)21(33)29-17(22(34)35)11-13(3)4/h12-18H,7-11,24H2,1-6H3,(H,28,31)(H,29,33)(H,30,32)(H,34,35)(H4,25,26,27). The lowest BCUT2D eigenvalue weighted by Crippen LogP contribution is -2.58. The van der Waals surface area contributed by atoms with Crippen LogP contribution in [0.25, 0.3) is 0 Å². The van der Waals surface area contributed by atoms with Crippen LogP contribution in [0.2, 0.25) is 0 Å². The molecule has 0 radical (unpaired) electrons. The van der Waals surface area contributed by atoms with Crippen LogP contribution < -0.4 is 33.2 Å². The van der Waals surface area contributed by atoms with Crippen LogP contribution in [0.3, 0.4) is 0 Å². The molecule has 4 atom stereocenters. The van der Waals surface area contributed by atoms with Gasteiger partial charge in [-0.2, -0.15) is 0 Å². The van der Waals surface area contributed by atoms with Gasteiger partial charge in [0.25, 0.3) is 0 Å². The number of nitrogens with zero attached hydrogens (tertiary/aromatic N) is 1. The fraction of sp³-hybridized carbons (Fsp3) is 0.783. The maximum atomic E-state index is 13.1. The highest BCUT2D eigenvalue weighted by Crippen LogP contribution is 2.10. The number of nitrogens with one attached hydrogen (secondary N) is 3. The molecule has 12 nitrogen and oxygen atoms in total. The monoisotopic (exact) mass is 499 g/mol. The van der Waals surface area contributed by atoms with Crippen LogP contribution in [0.15, 0.2) is 4.99 Å². The highest BCUT2D eigenvalue weighted by molar-refractivity contribution is 5.94. The molecule has 0 spiro atoms. The molecular formula is C23H45N7O5. The number of aliphatic carboxylic acids is 1. The van der Waals surface area contributed by atoms with Crippen molar-refractivity contribution in [2.75, 3.05) is 6.54 Å². The highest BCUT2D eigenvalue weighted by Gasteiger charge is 2.32. The van der Waals surface area contributed by atoms with Gasteiger partial charge in [0.2, 0.25) is 17.7 Å². The van der Waals surface area contributed by atoms with Gasteiger partial charge in [-0.1, -0.05) is 41.5 Å². The van der Waals surface area contributed by atoms with E-state index < -0.39 is 47.9 Å². The van der Waals surface area contributed by atoms with Crippen LogP contribution in [-0.2, 0) is 19.2 Å². The zero-order chi connectivity index (χ0) is 27.3. The maximum absolute atomic E-state index is 13.1. The second-order valence-corrected chi connectivity index (χ2v) is 10.0. The highest BCUT2D eigenvalue weighted by atomic mass is 16.4. The van der Waals surface area contributed by atoms with E-state index in [4.69, 9.17) is 17.2 Å². The second-order valence-electron chi connectivity index (χ2n) is 10.0. The van der Waals surface area contributed by atoms with Crippen molar-refractivity contribution in [3.8, 4) is 0 Å². The molecule has 10 N–H and O–H groups in total. The molecule has 0 aliphatic heterocycles. The quantitative estimate of drug-likeness (QED) is 0.0844. The first-order valence-corrected chi connectivity index (χ1v) is 12.1. The van der Waals surface area contributed by atoms with Crippen molar-refractivity contribution in [3.05, 3.63) is 0 Å². The molecule has 0 saturated carbocycles. The zero-order valence-electron chi connectivity index (χ0n) is 21.8. The van der Waals surface area contributed by atoms with E-state index in [1.807, 2.05) is 27.7 Å². The Kier molecular flexibility index (Phi) is 14.6. The number of amides is 3. The molecule has 0 aromatic heterocycles. The van der Waals surface area contributed by atoms with E-state index in [1.165, 1.54) is 0 Å². The fourth-order valence-corrected chi connectivity index (χ4v) is 3.41. The van der Waals surface area contributed by atoms with E-state index in [-0.39, 0.29) is 43.1 Å². The number of hydrogen-bond donors (Lipinski definition) is 7. The minimum Gasteiger partial charge on any atom is -0.480 e. The minimum absolute atomic E-state index is 0.0448. The number of carboxylic acid groups (broad SMARTS) is 1. The molecule has 0 aliphatic rings. The number of guanidine groups is 1. The van der Waals surface area contributed by atoms with Crippen LogP contribution in [0, 0.1) is 17.8 Å². The van der Waals surface area contributed by atoms with Crippen LogP contribution in [0.5, 0.6) is 0 Å². The van der Waals surface area contributed by atoms with Gasteiger partial charge in [-0.25, -0.2) is 4.79 Å². The third-order valence-electron chi connectivity index (χ3n) is 5.21. The van der Waals surface area contributed by atoms with Crippen molar-refractivity contribution in [3.63, 3.8) is 0 Å². The van der Waals surface area contributed by atoms with Crippen molar-refractivity contribution in [2.45, 2.75) is 91.4 Å². The molecule has 0 fully saturated rings. The van der Waals surface area contributed by atoms with Crippen molar-refractivity contribution >= 4 is 29.7 Å².